The van der Waals surface area contributed by atoms with Crippen LogP contribution in [0.25, 0.3) is 10.9 Å². The number of hydrogen-bond acceptors (Lipinski definition) is 1. The molecule has 1 aliphatic rings. The summed E-state index contributed by atoms with van der Waals surface area (Å²) in [6, 6.07) is 10.5. The lowest BCUT2D eigenvalue weighted by molar-refractivity contribution is 0.0738. The Balaban J connectivity index is 2.04. The topological polar surface area (TPSA) is 25.2 Å². The first-order valence-corrected chi connectivity index (χ1v) is 6.54. The number of benzene rings is 1. The minimum Gasteiger partial charge on any atom is -0.340 e. The van der Waals surface area contributed by atoms with Crippen LogP contribution in [0.5, 0.6) is 0 Å². The third-order valence-corrected chi connectivity index (χ3v) is 3.98. The van der Waals surface area contributed by atoms with Crippen molar-refractivity contribution in [1.29, 1.82) is 0 Å². The summed E-state index contributed by atoms with van der Waals surface area (Å²) in [7, 11) is 1.97. The molecule has 1 unspecified atom stereocenters. The fraction of sp³-hybridized carbons (Fsp3) is 0.400. The molecule has 2 aromatic rings. The summed E-state index contributed by atoms with van der Waals surface area (Å²) in [5.74, 6) is 0.165. The predicted molar refractivity (Wildman–Crippen MR) is 72.7 cm³/mol. The third kappa shape index (κ3) is 1.62. The molecule has 0 saturated carbocycles. The molecular formula is C15H18N2O. The fourth-order valence-corrected chi connectivity index (χ4v) is 2.88. The molecule has 3 rings (SSSR count). The van der Waals surface area contributed by atoms with E-state index in [2.05, 4.69) is 19.1 Å². The normalized spacial score (nSPS) is 19.7. The first-order valence-electron chi connectivity index (χ1n) is 6.54. The van der Waals surface area contributed by atoms with Gasteiger partial charge in [-0.3, -0.25) is 4.79 Å². The van der Waals surface area contributed by atoms with Crippen LogP contribution in [0.2, 0.25) is 0 Å². The van der Waals surface area contributed by atoms with Gasteiger partial charge in [-0.1, -0.05) is 18.2 Å². The van der Waals surface area contributed by atoms with E-state index >= 15 is 0 Å². The molecule has 1 atom stereocenters. The Kier molecular flexibility index (Phi) is 2.62. The summed E-state index contributed by atoms with van der Waals surface area (Å²) in [6.07, 6.45) is 2.24. The van der Waals surface area contributed by atoms with Crippen molar-refractivity contribution >= 4 is 16.8 Å². The minimum atomic E-state index is 0.165. The van der Waals surface area contributed by atoms with Crippen LogP contribution in [-0.2, 0) is 7.05 Å². The number of likely N-dealkylation sites (tertiary alicyclic amines) is 1. The average molecular weight is 242 g/mol. The zero-order valence-electron chi connectivity index (χ0n) is 10.9. The quantitative estimate of drug-likeness (QED) is 0.755. The Morgan fingerprint density at radius 3 is 2.78 bits per heavy atom. The standard InChI is InChI=1S/C15H18N2O/c1-11-6-5-9-17(11)15(18)14-10-12-7-3-4-8-13(12)16(14)2/h3-4,7-8,10-11H,5-6,9H2,1-2H3. The molecule has 1 saturated heterocycles. The highest BCUT2D eigenvalue weighted by molar-refractivity contribution is 5.99. The fourth-order valence-electron chi connectivity index (χ4n) is 2.88. The second-order valence-electron chi connectivity index (χ2n) is 5.14. The average Bonchev–Trinajstić information content (AvgIpc) is 2.94. The van der Waals surface area contributed by atoms with Crippen LogP contribution >= 0.6 is 0 Å². The zero-order chi connectivity index (χ0) is 12.7. The number of para-hydroxylation sites is 1. The SMILES string of the molecule is CC1CCCN1C(=O)c1cc2ccccc2n1C. The Labute approximate surface area is 107 Å². The lowest BCUT2D eigenvalue weighted by Gasteiger charge is -2.21. The molecule has 1 amide bonds. The highest BCUT2D eigenvalue weighted by atomic mass is 16.2. The summed E-state index contributed by atoms with van der Waals surface area (Å²) in [5.41, 5.74) is 1.91. The summed E-state index contributed by atoms with van der Waals surface area (Å²) >= 11 is 0. The molecule has 0 radical (unpaired) electrons. The number of carbonyl (C=O) groups is 1. The van der Waals surface area contributed by atoms with Gasteiger partial charge in [-0.05, 0) is 31.9 Å². The molecule has 1 aliphatic heterocycles. The molecule has 0 spiro atoms. The zero-order valence-corrected chi connectivity index (χ0v) is 10.9. The first kappa shape index (κ1) is 11.3. The van der Waals surface area contributed by atoms with Gasteiger partial charge in [0.15, 0.2) is 0 Å². The Hall–Kier alpha value is -1.77. The van der Waals surface area contributed by atoms with E-state index in [-0.39, 0.29) is 5.91 Å². The lowest BCUT2D eigenvalue weighted by Crippen LogP contribution is -2.34. The van der Waals surface area contributed by atoms with Crippen LogP contribution in [0.3, 0.4) is 0 Å². The molecule has 2 heterocycles. The summed E-state index contributed by atoms with van der Waals surface area (Å²) < 4.78 is 2.00. The maximum Gasteiger partial charge on any atom is 0.270 e. The second-order valence-corrected chi connectivity index (χ2v) is 5.14. The van der Waals surface area contributed by atoms with Crippen molar-refractivity contribution in [3.8, 4) is 0 Å². The van der Waals surface area contributed by atoms with Crippen LogP contribution < -0.4 is 0 Å². The largest absolute Gasteiger partial charge is 0.340 e. The van der Waals surface area contributed by atoms with Crippen molar-refractivity contribution in [1.82, 2.24) is 9.47 Å². The molecular weight excluding hydrogens is 224 g/mol. The number of carbonyl (C=O) groups excluding carboxylic acids is 1. The number of hydrogen-bond donors (Lipinski definition) is 0. The van der Waals surface area contributed by atoms with Gasteiger partial charge in [0.1, 0.15) is 5.69 Å². The van der Waals surface area contributed by atoms with Gasteiger partial charge in [0.2, 0.25) is 0 Å². The third-order valence-electron chi connectivity index (χ3n) is 3.98. The highest BCUT2D eigenvalue weighted by Gasteiger charge is 2.27. The Morgan fingerprint density at radius 1 is 1.33 bits per heavy atom. The Morgan fingerprint density at radius 2 is 2.11 bits per heavy atom. The molecule has 1 aromatic heterocycles. The summed E-state index contributed by atoms with van der Waals surface area (Å²) in [5, 5.41) is 1.13. The molecule has 18 heavy (non-hydrogen) atoms. The van der Waals surface area contributed by atoms with E-state index in [1.807, 2.05) is 34.7 Å². The van der Waals surface area contributed by atoms with E-state index in [0.29, 0.717) is 6.04 Å². The van der Waals surface area contributed by atoms with E-state index in [1.165, 1.54) is 0 Å². The van der Waals surface area contributed by atoms with Crippen molar-refractivity contribution < 1.29 is 4.79 Å². The van der Waals surface area contributed by atoms with E-state index < -0.39 is 0 Å². The van der Waals surface area contributed by atoms with Gasteiger partial charge in [-0.25, -0.2) is 0 Å². The number of amides is 1. The molecule has 0 aliphatic carbocycles. The van der Waals surface area contributed by atoms with Gasteiger partial charge < -0.3 is 9.47 Å². The molecule has 94 valence electrons. The van der Waals surface area contributed by atoms with Crippen molar-refractivity contribution in [2.24, 2.45) is 7.05 Å². The molecule has 0 bridgehead atoms. The first-order chi connectivity index (χ1) is 8.68. The van der Waals surface area contributed by atoms with E-state index in [4.69, 9.17) is 0 Å². The van der Waals surface area contributed by atoms with Gasteiger partial charge in [-0.2, -0.15) is 0 Å². The van der Waals surface area contributed by atoms with Crippen LogP contribution in [0, 0.1) is 0 Å². The maximum atomic E-state index is 12.6. The number of aromatic nitrogens is 1. The van der Waals surface area contributed by atoms with E-state index in [9.17, 15) is 4.79 Å². The van der Waals surface area contributed by atoms with Gasteiger partial charge in [0, 0.05) is 30.5 Å². The summed E-state index contributed by atoms with van der Waals surface area (Å²) in [6.45, 7) is 3.02. The Bertz CT molecular complexity index is 600. The molecule has 1 aromatic carbocycles. The lowest BCUT2D eigenvalue weighted by atomic mass is 10.2. The van der Waals surface area contributed by atoms with Gasteiger partial charge >= 0.3 is 0 Å². The van der Waals surface area contributed by atoms with Gasteiger partial charge in [0.05, 0.1) is 0 Å². The number of fused-ring (bicyclic) bond motifs is 1. The smallest absolute Gasteiger partial charge is 0.270 e. The van der Waals surface area contributed by atoms with E-state index in [0.717, 1.165) is 36.0 Å². The number of rotatable bonds is 1. The molecule has 3 heteroatoms. The number of aryl methyl sites for hydroxylation is 1. The molecule has 1 fully saturated rings. The minimum absolute atomic E-state index is 0.165. The predicted octanol–water partition coefficient (Wildman–Crippen LogP) is 2.80. The molecule has 3 nitrogen and oxygen atoms in total. The van der Waals surface area contributed by atoms with Crippen molar-refractivity contribution in [2.45, 2.75) is 25.8 Å². The van der Waals surface area contributed by atoms with Crippen LogP contribution in [-0.4, -0.2) is 28.0 Å². The van der Waals surface area contributed by atoms with Crippen LogP contribution in [0.15, 0.2) is 30.3 Å². The number of nitrogens with zero attached hydrogens (tertiary/aromatic N) is 2. The monoisotopic (exact) mass is 242 g/mol. The van der Waals surface area contributed by atoms with Crippen molar-refractivity contribution in [2.75, 3.05) is 6.54 Å². The second kappa shape index (κ2) is 4.16. The van der Waals surface area contributed by atoms with Crippen molar-refractivity contribution in [3.63, 3.8) is 0 Å². The summed E-state index contributed by atoms with van der Waals surface area (Å²) in [4.78, 5) is 14.5. The van der Waals surface area contributed by atoms with Gasteiger partial charge in [0.25, 0.3) is 5.91 Å². The van der Waals surface area contributed by atoms with Crippen LogP contribution in [0.1, 0.15) is 30.3 Å². The molecule has 0 N–H and O–H groups in total. The van der Waals surface area contributed by atoms with Crippen LogP contribution in [0.4, 0.5) is 0 Å². The maximum absolute atomic E-state index is 12.6. The van der Waals surface area contributed by atoms with E-state index in [1.54, 1.807) is 0 Å². The highest BCUT2D eigenvalue weighted by Crippen LogP contribution is 2.23. The van der Waals surface area contributed by atoms with Gasteiger partial charge in [-0.15, -0.1) is 0 Å². The van der Waals surface area contributed by atoms with Crippen molar-refractivity contribution in [3.05, 3.63) is 36.0 Å².